The molecule has 3 rings (SSSR count). The number of nitrogens with one attached hydrogen (secondary N) is 1. The fraction of sp³-hybridized carbons (Fsp3) is 0.517. The maximum atomic E-state index is 13.9. The minimum absolute atomic E-state index is 0.0565. The quantitative estimate of drug-likeness (QED) is 0.274. The summed E-state index contributed by atoms with van der Waals surface area (Å²) in [6.45, 7) is 10.3. The lowest BCUT2D eigenvalue weighted by Gasteiger charge is -2.32. The number of amides is 2. The highest BCUT2D eigenvalue weighted by Gasteiger charge is 2.32. The lowest BCUT2D eigenvalue weighted by atomic mass is 10.0. The zero-order valence-corrected chi connectivity index (χ0v) is 23.7. The van der Waals surface area contributed by atoms with Crippen LogP contribution in [0.3, 0.4) is 0 Å². The van der Waals surface area contributed by atoms with E-state index < -0.39 is 6.04 Å². The van der Waals surface area contributed by atoms with E-state index in [4.69, 9.17) is 14.2 Å². The number of nitrogens with zero attached hydrogens (tertiary/aromatic N) is 4. The number of hydrogen-bond donors (Lipinski definition) is 1. The molecule has 39 heavy (non-hydrogen) atoms. The number of carbonyl (C=O) groups excluding carboxylic acids is 2. The number of para-hydroxylation sites is 1. The molecular weight excluding hydrogens is 498 g/mol. The number of hydrogen-bond acceptors (Lipinski definition) is 7. The van der Waals surface area contributed by atoms with Gasteiger partial charge in [-0.05, 0) is 62.4 Å². The number of aromatic nitrogens is 3. The summed E-state index contributed by atoms with van der Waals surface area (Å²) in [4.78, 5) is 29.3. The van der Waals surface area contributed by atoms with Crippen LogP contribution in [0.5, 0.6) is 11.5 Å². The molecule has 1 aromatic heterocycles. The largest absolute Gasteiger partial charge is 0.493 e. The molecule has 0 bridgehead atoms. The van der Waals surface area contributed by atoms with E-state index in [0.29, 0.717) is 67.8 Å². The van der Waals surface area contributed by atoms with Gasteiger partial charge in [-0.15, -0.1) is 5.10 Å². The molecule has 2 aromatic carbocycles. The van der Waals surface area contributed by atoms with E-state index in [0.717, 1.165) is 11.9 Å². The summed E-state index contributed by atoms with van der Waals surface area (Å²) in [6, 6.07) is 11.9. The van der Waals surface area contributed by atoms with E-state index in [2.05, 4.69) is 29.5 Å². The van der Waals surface area contributed by atoms with Gasteiger partial charge < -0.3 is 24.4 Å². The van der Waals surface area contributed by atoms with Gasteiger partial charge >= 0.3 is 0 Å². The molecule has 1 atom stereocenters. The Balaban J connectivity index is 1.99. The van der Waals surface area contributed by atoms with Crippen molar-refractivity contribution in [2.24, 2.45) is 5.92 Å². The summed E-state index contributed by atoms with van der Waals surface area (Å²) in [5, 5.41) is 11.4. The molecule has 0 aliphatic heterocycles. The highest BCUT2D eigenvalue weighted by molar-refractivity contribution is 5.89. The molecule has 0 spiro atoms. The Kier molecular flexibility index (Phi) is 11.5. The molecule has 10 nitrogen and oxygen atoms in total. The van der Waals surface area contributed by atoms with E-state index in [1.807, 2.05) is 44.2 Å². The number of ether oxygens (including phenoxy) is 3. The van der Waals surface area contributed by atoms with Crippen LogP contribution in [0.2, 0.25) is 0 Å². The number of rotatable bonds is 16. The zero-order chi connectivity index (χ0) is 28.2. The predicted octanol–water partition coefficient (Wildman–Crippen LogP) is 4.00. The van der Waals surface area contributed by atoms with Gasteiger partial charge in [0.1, 0.15) is 18.1 Å². The molecule has 0 aliphatic rings. The van der Waals surface area contributed by atoms with Crippen molar-refractivity contribution in [2.45, 2.75) is 53.1 Å². The van der Waals surface area contributed by atoms with Gasteiger partial charge in [-0.2, -0.15) is 0 Å². The molecule has 0 saturated heterocycles. The standard InChI is InChI=1S/C29H41N5O5/c1-6-38-18-10-17-33(27(35)20-34-24-12-9-8-11-23(24)31-32-34)28(29(36)30-16-15-21(3)4)22-13-14-25(39-7-2)26(19-22)37-5/h8-9,11-14,19,21,28H,6-7,10,15-18,20H2,1-5H3,(H,30,36)/t28-/m0/s1. The topological polar surface area (TPSA) is 108 Å². The van der Waals surface area contributed by atoms with Crippen LogP contribution < -0.4 is 14.8 Å². The first kappa shape index (κ1) is 29.9. The fourth-order valence-electron chi connectivity index (χ4n) is 4.31. The number of fused-ring (bicyclic) bond motifs is 1. The lowest BCUT2D eigenvalue weighted by molar-refractivity contribution is -0.141. The second-order valence-electron chi connectivity index (χ2n) is 9.59. The Labute approximate surface area is 230 Å². The molecule has 1 N–H and O–H groups in total. The maximum absolute atomic E-state index is 13.9. The van der Waals surface area contributed by atoms with Crippen LogP contribution in [-0.4, -0.2) is 71.7 Å². The first-order valence-corrected chi connectivity index (χ1v) is 13.6. The number of methoxy groups -OCH3 is 1. The van der Waals surface area contributed by atoms with Gasteiger partial charge in [-0.1, -0.05) is 37.3 Å². The second-order valence-corrected chi connectivity index (χ2v) is 9.59. The summed E-state index contributed by atoms with van der Waals surface area (Å²) in [7, 11) is 1.56. The monoisotopic (exact) mass is 539 g/mol. The molecule has 1 heterocycles. The molecule has 0 radical (unpaired) electrons. The second kappa shape index (κ2) is 15.1. The van der Waals surface area contributed by atoms with Crippen LogP contribution in [0.1, 0.15) is 52.1 Å². The van der Waals surface area contributed by atoms with E-state index in [1.165, 1.54) is 0 Å². The predicted molar refractivity (Wildman–Crippen MR) is 150 cm³/mol. The Morgan fingerprint density at radius 2 is 1.87 bits per heavy atom. The molecule has 0 aliphatic carbocycles. The smallest absolute Gasteiger partial charge is 0.247 e. The van der Waals surface area contributed by atoms with Crippen molar-refractivity contribution < 1.29 is 23.8 Å². The molecule has 0 unspecified atom stereocenters. The first-order chi connectivity index (χ1) is 18.9. The van der Waals surface area contributed by atoms with Gasteiger partial charge in [0.15, 0.2) is 11.5 Å². The van der Waals surface area contributed by atoms with Crippen LogP contribution in [0.4, 0.5) is 0 Å². The fourth-order valence-corrected chi connectivity index (χ4v) is 4.31. The normalized spacial score (nSPS) is 11.9. The molecule has 0 fully saturated rings. The Hall–Kier alpha value is -3.66. The van der Waals surface area contributed by atoms with Crippen LogP contribution in [0, 0.1) is 5.92 Å². The number of benzene rings is 2. The molecular formula is C29H41N5O5. The van der Waals surface area contributed by atoms with Crippen molar-refractivity contribution >= 4 is 22.8 Å². The average molecular weight is 540 g/mol. The summed E-state index contributed by atoms with van der Waals surface area (Å²) >= 11 is 0. The SMILES string of the molecule is CCOCCCN(C(=O)Cn1nnc2ccccc21)[C@H](C(=O)NCCC(C)C)c1ccc(OCC)c(OC)c1. The number of carbonyl (C=O) groups is 2. The van der Waals surface area contributed by atoms with Crippen molar-refractivity contribution in [1.29, 1.82) is 0 Å². The Morgan fingerprint density at radius 1 is 1.08 bits per heavy atom. The minimum Gasteiger partial charge on any atom is -0.493 e. The van der Waals surface area contributed by atoms with Gasteiger partial charge in [0.05, 0.1) is 19.2 Å². The van der Waals surface area contributed by atoms with Crippen LogP contribution in [-0.2, 0) is 20.9 Å². The third-order valence-electron chi connectivity index (χ3n) is 6.30. The third-order valence-corrected chi connectivity index (χ3v) is 6.30. The zero-order valence-electron chi connectivity index (χ0n) is 23.7. The van der Waals surface area contributed by atoms with Crippen molar-refractivity contribution in [3.8, 4) is 11.5 Å². The van der Waals surface area contributed by atoms with Crippen LogP contribution >= 0.6 is 0 Å². The van der Waals surface area contributed by atoms with Gasteiger partial charge in [-0.3, -0.25) is 9.59 Å². The summed E-state index contributed by atoms with van der Waals surface area (Å²) < 4.78 is 18.4. The van der Waals surface area contributed by atoms with Crippen molar-refractivity contribution in [2.75, 3.05) is 40.0 Å². The van der Waals surface area contributed by atoms with Crippen molar-refractivity contribution in [1.82, 2.24) is 25.2 Å². The molecule has 3 aromatic rings. The molecule has 10 heteroatoms. The van der Waals surface area contributed by atoms with Crippen LogP contribution in [0.15, 0.2) is 42.5 Å². The lowest BCUT2D eigenvalue weighted by Crippen LogP contribution is -2.46. The third kappa shape index (κ3) is 8.16. The first-order valence-electron chi connectivity index (χ1n) is 13.6. The van der Waals surface area contributed by atoms with Crippen LogP contribution in [0.25, 0.3) is 11.0 Å². The Bertz CT molecular complexity index is 1210. The van der Waals surface area contributed by atoms with Gasteiger partial charge in [0, 0.05) is 26.3 Å². The summed E-state index contributed by atoms with van der Waals surface area (Å²) in [6.07, 6.45) is 1.40. The average Bonchev–Trinajstić information content (AvgIpc) is 3.33. The van der Waals surface area contributed by atoms with E-state index in [9.17, 15) is 9.59 Å². The van der Waals surface area contributed by atoms with Crippen molar-refractivity contribution in [3.05, 3.63) is 48.0 Å². The molecule has 0 saturated carbocycles. The van der Waals surface area contributed by atoms with Crippen molar-refractivity contribution in [3.63, 3.8) is 0 Å². The van der Waals surface area contributed by atoms with E-state index in [-0.39, 0.29) is 18.4 Å². The molecule has 2 amide bonds. The van der Waals surface area contributed by atoms with Gasteiger partial charge in [0.2, 0.25) is 11.8 Å². The van der Waals surface area contributed by atoms with E-state index in [1.54, 1.807) is 28.8 Å². The summed E-state index contributed by atoms with van der Waals surface area (Å²) in [5.41, 5.74) is 2.08. The van der Waals surface area contributed by atoms with Gasteiger partial charge in [-0.25, -0.2) is 4.68 Å². The highest BCUT2D eigenvalue weighted by Crippen LogP contribution is 2.33. The van der Waals surface area contributed by atoms with Gasteiger partial charge in [0.25, 0.3) is 0 Å². The molecule has 212 valence electrons. The minimum atomic E-state index is -0.884. The summed E-state index contributed by atoms with van der Waals surface area (Å²) in [5.74, 6) is 0.997. The van der Waals surface area contributed by atoms with E-state index >= 15 is 0 Å². The maximum Gasteiger partial charge on any atom is 0.247 e. The Morgan fingerprint density at radius 3 is 2.59 bits per heavy atom. The highest BCUT2D eigenvalue weighted by atomic mass is 16.5.